The molecule has 0 saturated heterocycles. The van der Waals surface area contributed by atoms with Crippen molar-refractivity contribution in [1.82, 2.24) is 9.36 Å². The third-order valence-corrected chi connectivity index (χ3v) is 3.38. The highest BCUT2D eigenvalue weighted by Gasteiger charge is 2.13. The van der Waals surface area contributed by atoms with Gasteiger partial charge in [-0.15, -0.1) is 0 Å². The molecule has 0 spiro atoms. The number of aromatic nitrogens is 2. The van der Waals surface area contributed by atoms with Crippen molar-refractivity contribution in [2.45, 2.75) is 46.0 Å². The Morgan fingerprint density at radius 1 is 1.29 bits per heavy atom. The number of unbranched alkanes of at least 4 members (excludes halogenated alkanes) is 1. The van der Waals surface area contributed by atoms with E-state index in [4.69, 9.17) is 5.11 Å². The van der Waals surface area contributed by atoms with E-state index in [0.29, 0.717) is 5.92 Å². The van der Waals surface area contributed by atoms with E-state index in [-0.39, 0.29) is 6.61 Å². The van der Waals surface area contributed by atoms with E-state index >= 15 is 0 Å². The summed E-state index contributed by atoms with van der Waals surface area (Å²) in [5.41, 5.74) is 0. The van der Waals surface area contributed by atoms with Gasteiger partial charge in [-0.2, -0.15) is 4.37 Å². The molecule has 0 atom stereocenters. The number of hydrogen-bond acceptors (Lipinski definition) is 5. The van der Waals surface area contributed by atoms with E-state index in [2.05, 4.69) is 35.0 Å². The molecular weight excluding hydrogens is 234 g/mol. The highest BCUT2D eigenvalue weighted by Crippen LogP contribution is 2.21. The van der Waals surface area contributed by atoms with Gasteiger partial charge in [-0.05, 0) is 12.8 Å². The predicted octanol–water partition coefficient (Wildman–Crippen LogP) is 2.65. The first kappa shape index (κ1) is 14.4. The molecule has 0 aliphatic carbocycles. The minimum Gasteiger partial charge on any atom is -0.396 e. The van der Waals surface area contributed by atoms with E-state index in [1.165, 1.54) is 18.0 Å². The summed E-state index contributed by atoms with van der Waals surface area (Å²) >= 11 is 1.47. The zero-order chi connectivity index (χ0) is 12.7. The van der Waals surface area contributed by atoms with E-state index in [1.54, 1.807) is 0 Å². The van der Waals surface area contributed by atoms with Crippen LogP contribution < -0.4 is 4.90 Å². The quantitative estimate of drug-likeness (QED) is 0.778. The molecule has 1 aromatic heterocycles. The topological polar surface area (TPSA) is 49.2 Å². The van der Waals surface area contributed by atoms with Crippen LogP contribution in [0.1, 0.15) is 51.8 Å². The van der Waals surface area contributed by atoms with Gasteiger partial charge in [-0.25, -0.2) is 4.98 Å². The molecule has 0 radical (unpaired) electrons. The van der Waals surface area contributed by atoms with Crippen LogP contribution in [0.5, 0.6) is 0 Å². The fourth-order valence-electron chi connectivity index (χ4n) is 1.50. The van der Waals surface area contributed by atoms with Crippen LogP contribution in [0, 0.1) is 0 Å². The van der Waals surface area contributed by atoms with Crippen molar-refractivity contribution in [3.63, 3.8) is 0 Å². The van der Waals surface area contributed by atoms with Gasteiger partial charge in [0.15, 0.2) is 0 Å². The van der Waals surface area contributed by atoms with Gasteiger partial charge in [-0.1, -0.05) is 27.2 Å². The lowest BCUT2D eigenvalue weighted by atomic mass is 10.2. The minimum absolute atomic E-state index is 0.235. The third kappa shape index (κ3) is 4.60. The Balaban J connectivity index is 2.65. The largest absolute Gasteiger partial charge is 0.396 e. The summed E-state index contributed by atoms with van der Waals surface area (Å²) in [5, 5.41) is 9.92. The van der Waals surface area contributed by atoms with E-state index < -0.39 is 0 Å². The maximum atomic E-state index is 8.92. The van der Waals surface area contributed by atoms with Crippen LogP contribution in [0.15, 0.2) is 0 Å². The van der Waals surface area contributed by atoms with E-state index in [0.717, 1.165) is 36.9 Å². The van der Waals surface area contributed by atoms with Gasteiger partial charge in [0.05, 0.1) is 0 Å². The summed E-state index contributed by atoms with van der Waals surface area (Å²) in [6.07, 6.45) is 3.12. The fourth-order valence-corrected chi connectivity index (χ4v) is 2.36. The number of rotatable bonds is 8. The molecule has 5 heteroatoms. The number of nitrogens with zero attached hydrogens (tertiary/aromatic N) is 3. The molecule has 1 rings (SSSR count). The molecule has 17 heavy (non-hydrogen) atoms. The first-order chi connectivity index (χ1) is 8.19. The average Bonchev–Trinajstić information content (AvgIpc) is 2.79. The van der Waals surface area contributed by atoms with Crippen LogP contribution in [0.4, 0.5) is 5.13 Å². The van der Waals surface area contributed by atoms with Crippen molar-refractivity contribution in [3.8, 4) is 0 Å². The highest BCUT2D eigenvalue weighted by atomic mass is 32.1. The second kappa shape index (κ2) is 7.61. The summed E-state index contributed by atoms with van der Waals surface area (Å²) in [4.78, 5) is 6.81. The van der Waals surface area contributed by atoms with Crippen molar-refractivity contribution in [2.24, 2.45) is 0 Å². The standard InChI is InChI=1S/C12H23N3OS/c1-4-5-7-15(8-6-9-16)12-13-11(10(2)3)14-17-12/h10,16H,4-9H2,1-3H3. The monoisotopic (exact) mass is 257 g/mol. The number of aliphatic hydroxyl groups excluding tert-OH is 1. The molecule has 0 saturated carbocycles. The maximum Gasteiger partial charge on any atom is 0.205 e. The first-order valence-corrected chi connectivity index (χ1v) is 7.15. The second-order valence-corrected chi connectivity index (χ2v) is 5.24. The molecule has 0 bridgehead atoms. The van der Waals surface area contributed by atoms with Crippen LogP contribution in [-0.4, -0.2) is 34.2 Å². The van der Waals surface area contributed by atoms with Crippen molar-refractivity contribution >= 4 is 16.7 Å². The van der Waals surface area contributed by atoms with E-state index in [9.17, 15) is 0 Å². The van der Waals surface area contributed by atoms with Crippen LogP contribution in [0.25, 0.3) is 0 Å². The number of aliphatic hydroxyl groups is 1. The highest BCUT2D eigenvalue weighted by molar-refractivity contribution is 7.09. The summed E-state index contributed by atoms with van der Waals surface area (Å²) in [5.74, 6) is 1.31. The molecule has 1 aromatic rings. The lowest BCUT2D eigenvalue weighted by Gasteiger charge is -2.20. The summed E-state index contributed by atoms with van der Waals surface area (Å²) in [6, 6.07) is 0. The second-order valence-electron chi connectivity index (χ2n) is 4.51. The molecule has 98 valence electrons. The van der Waals surface area contributed by atoms with Crippen LogP contribution >= 0.6 is 11.5 Å². The molecule has 1 heterocycles. The van der Waals surface area contributed by atoms with Crippen molar-refractivity contribution in [2.75, 3.05) is 24.6 Å². The van der Waals surface area contributed by atoms with Gasteiger partial charge >= 0.3 is 0 Å². The smallest absolute Gasteiger partial charge is 0.205 e. The third-order valence-electron chi connectivity index (χ3n) is 2.59. The first-order valence-electron chi connectivity index (χ1n) is 6.38. The minimum atomic E-state index is 0.235. The fraction of sp³-hybridized carbons (Fsp3) is 0.833. The normalized spacial score (nSPS) is 11.1. The van der Waals surface area contributed by atoms with Crippen molar-refractivity contribution in [1.29, 1.82) is 0 Å². The Morgan fingerprint density at radius 3 is 2.53 bits per heavy atom. The molecule has 0 aromatic carbocycles. The van der Waals surface area contributed by atoms with Gasteiger partial charge in [0, 0.05) is 37.1 Å². The molecule has 0 aliphatic heterocycles. The molecule has 0 amide bonds. The molecule has 1 N–H and O–H groups in total. The Hall–Kier alpha value is -0.680. The summed E-state index contributed by atoms with van der Waals surface area (Å²) in [6.45, 7) is 8.50. The van der Waals surface area contributed by atoms with Gasteiger partial charge in [0.1, 0.15) is 5.82 Å². The van der Waals surface area contributed by atoms with Gasteiger partial charge in [-0.3, -0.25) is 0 Å². The number of anilines is 1. The summed E-state index contributed by atoms with van der Waals surface area (Å²) in [7, 11) is 0. The van der Waals surface area contributed by atoms with Gasteiger partial charge < -0.3 is 10.0 Å². The van der Waals surface area contributed by atoms with E-state index in [1.807, 2.05) is 0 Å². The molecule has 0 aliphatic rings. The zero-order valence-corrected chi connectivity index (χ0v) is 11.8. The zero-order valence-electron chi connectivity index (χ0n) is 11.0. The van der Waals surface area contributed by atoms with Crippen LogP contribution in [-0.2, 0) is 0 Å². The molecular formula is C12H23N3OS. The SMILES string of the molecule is CCCCN(CCCO)c1nc(C(C)C)ns1. The lowest BCUT2D eigenvalue weighted by Crippen LogP contribution is -2.26. The lowest BCUT2D eigenvalue weighted by molar-refractivity contribution is 0.289. The van der Waals surface area contributed by atoms with Crippen molar-refractivity contribution < 1.29 is 5.11 Å². The predicted molar refractivity (Wildman–Crippen MR) is 72.8 cm³/mol. The van der Waals surface area contributed by atoms with Crippen LogP contribution in [0.2, 0.25) is 0 Å². The summed E-state index contributed by atoms with van der Waals surface area (Å²) < 4.78 is 4.38. The Kier molecular flexibility index (Phi) is 6.44. The van der Waals surface area contributed by atoms with Gasteiger partial charge in [0.25, 0.3) is 0 Å². The molecule has 0 unspecified atom stereocenters. The van der Waals surface area contributed by atoms with Gasteiger partial charge in [0.2, 0.25) is 5.13 Å². The average molecular weight is 257 g/mol. The number of hydrogen-bond donors (Lipinski definition) is 1. The Bertz CT molecular complexity index is 306. The Morgan fingerprint density at radius 2 is 2.00 bits per heavy atom. The molecule has 4 nitrogen and oxygen atoms in total. The maximum absolute atomic E-state index is 8.92. The Labute approximate surface area is 108 Å². The van der Waals surface area contributed by atoms with Crippen molar-refractivity contribution in [3.05, 3.63) is 5.82 Å². The molecule has 0 fully saturated rings. The van der Waals surface area contributed by atoms with Crippen LogP contribution in [0.3, 0.4) is 0 Å².